The van der Waals surface area contributed by atoms with Crippen molar-refractivity contribution in [2.45, 2.75) is 19.4 Å². The number of ether oxygens (including phenoxy) is 1. The molecule has 0 saturated carbocycles. The van der Waals surface area contributed by atoms with Gasteiger partial charge in [-0.15, -0.1) is 0 Å². The molecular weight excluding hydrogens is 396 g/mol. The summed E-state index contributed by atoms with van der Waals surface area (Å²) < 4.78 is 7.31. The molecule has 0 aliphatic rings. The van der Waals surface area contributed by atoms with Gasteiger partial charge >= 0.3 is 0 Å². The van der Waals surface area contributed by atoms with Crippen molar-refractivity contribution in [3.05, 3.63) is 62.0 Å². The van der Waals surface area contributed by atoms with Gasteiger partial charge < -0.3 is 4.74 Å². The van der Waals surface area contributed by atoms with Crippen LogP contribution in [0.5, 0.6) is 5.75 Å². The Bertz CT molecular complexity index is 632. The number of benzene rings is 2. The Morgan fingerprint density at radius 3 is 2.48 bits per heavy atom. The largest absolute Gasteiger partial charge is 0.496 e. The normalized spacial score (nSPS) is 12.2. The molecular formula is C16H18Br2N2O. The summed E-state index contributed by atoms with van der Waals surface area (Å²) in [5.41, 5.74) is 6.46. The third-order valence-electron chi connectivity index (χ3n) is 3.44. The Labute approximate surface area is 142 Å². The van der Waals surface area contributed by atoms with Crippen LogP contribution in [0.3, 0.4) is 0 Å². The molecule has 0 saturated heterocycles. The van der Waals surface area contributed by atoms with Gasteiger partial charge in [-0.05, 0) is 64.2 Å². The molecule has 2 rings (SSSR count). The van der Waals surface area contributed by atoms with Crippen molar-refractivity contribution in [2.75, 3.05) is 7.11 Å². The van der Waals surface area contributed by atoms with Crippen LogP contribution < -0.4 is 16.0 Å². The Morgan fingerprint density at radius 2 is 1.90 bits per heavy atom. The van der Waals surface area contributed by atoms with Crippen molar-refractivity contribution in [2.24, 2.45) is 5.84 Å². The van der Waals surface area contributed by atoms with Crippen molar-refractivity contribution >= 4 is 31.9 Å². The highest BCUT2D eigenvalue weighted by atomic mass is 79.9. The molecule has 0 aliphatic heterocycles. The predicted octanol–water partition coefficient (Wildman–Crippen LogP) is 4.28. The van der Waals surface area contributed by atoms with Crippen LogP contribution in [-0.2, 0) is 6.42 Å². The molecule has 2 aromatic rings. The van der Waals surface area contributed by atoms with Gasteiger partial charge in [0.05, 0.1) is 11.6 Å². The Kier molecular flexibility index (Phi) is 5.81. The average molecular weight is 414 g/mol. The van der Waals surface area contributed by atoms with Gasteiger partial charge in [-0.2, -0.15) is 0 Å². The second-order valence-electron chi connectivity index (χ2n) is 4.90. The molecule has 1 atom stereocenters. The molecule has 0 aromatic heterocycles. The second-order valence-corrected chi connectivity index (χ2v) is 6.61. The maximum absolute atomic E-state index is 5.74. The number of aryl methyl sites for hydroxylation is 1. The lowest BCUT2D eigenvalue weighted by Crippen LogP contribution is -2.29. The summed E-state index contributed by atoms with van der Waals surface area (Å²) >= 11 is 7.03. The van der Waals surface area contributed by atoms with E-state index in [2.05, 4.69) is 74.5 Å². The van der Waals surface area contributed by atoms with Gasteiger partial charge in [0.2, 0.25) is 0 Å². The van der Waals surface area contributed by atoms with Crippen LogP contribution in [0.2, 0.25) is 0 Å². The maximum atomic E-state index is 5.74. The maximum Gasteiger partial charge on any atom is 0.133 e. The minimum atomic E-state index is 0.0668. The zero-order valence-electron chi connectivity index (χ0n) is 12.0. The van der Waals surface area contributed by atoms with E-state index in [1.54, 1.807) is 7.11 Å². The van der Waals surface area contributed by atoms with Crippen LogP contribution in [0.15, 0.2) is 45.3 Å². The first kappa shape index (κ1) is 16.5. The zero-order valence-corrected chi connectivity index (χ0v) is 15.2. The molecule has 0 fully saturated rings. The summed E-state index contributed by atoms with van der Waals surface area (Å²) in [6.07, 6.45) is 0.806. The van der Waals surface area contributed by atoms with Crippen molar-refractivity contribution in [1.29, 1.82) is 0 Å². The van der Waals surface area contributed by atoms with Crippen molar-refractivity contribution in [1.82, 2.24) is 5.43 Å². The van der Waals surface area contributed by atoms with Crippen LogP contribution in [-0.4, -0.2) is 7.11 Å². The van der Waals surface area contributed by atoms with Crippen LogP contribution in [0, 0.1) is 6.92 Å². The second kappa shape index (κ2) is 7.40. The number of rotatable bonds is 5. The number of nitrogens with one attached hydrogen (secondary N) is 1. The van der Waals surface area contributed by atoms with E-state index in [4.69, 9.17) is 10.6 Å². The topological polar surface area (TPSA) is 47.3 Å². The molecule has 2 aromatic carbocycles. The summed E-state index contributed by atoms with van der Waals surface area (Å²) in [5.74, 6) is 6.57. The molecule has 0 aliphatic carbocycles. The van der Waals surface area contributed by atoms with Gasteiger partial charge in [0.1, 0.15) is 5.75 Å². The molecule has 5 heteroatoms. The van der Waals surface area contributed by atoms with E-state index >= 15 is 0 Å². The molecule has 21 heavy (non-hydrogen) atoms. The van der Waals surface area contributed by atoms with E-state index in [9.17, 15) is 0 Å². The summed E-state index contributed by atoms with van der Waals surface area (Å²) in [6.45, 7) is 2.07. The first-order chi connectivity index (χ1) is 10.0. The Morgan fingerprint density at radius 1 is 1.14 bits per heavy atom. The zero-order chi connectivity index (χ0) is 15.4. The summed E-state index contributed by atoms with van der Waals surface area (Å²) in [7, 11) is 1.66. The lowest BCUT2D eigenvalue weighted by atomic mass is 9.98. The molecule has 112 valence electrons. The monoisotopic (exact) mass is 412 g/mol. The molecule has 0 spiro atoms. The highest BCUT2D eigenvalue weighted by Crippen LogP contribution is 2.28. The molecule has 0 bridgehead atoms. The van der Waals surface area contributed by atoms with Crippen LogP contribution in [0.1, 0.15) is 22.7 Å². The Balaban J connectivity index is 2.22. The first-order valence-electron chi connectivity index (χ1n) is 6.59. The highest BCUT2D eigenvalue weighted by molar-refractivity contribution is 9.10. The number of methoxy groups -OCH3 is 1. The fourth-order valence-electron chi connectivity index (χ4n) is 2.23. The average Bonchev–Trinajstić information content (AvgIpc) is 2.48. The minimum Gasteiger partial charge on any atom is -0.496 e. The predicted molar refractivity (Wildman–Crippen MR) is 93.3 cm³/mol. The summed E-state index contributed by atoms with van der Waals surface area (Å²) in [6, 6.07) is 12.4. The lowest BCUT2D eigenvalue weighted by Gasteiger charge is -2.18. The highest BCUT2D eigenvalue weighted by Gasteiger charge is 2.12. The van der Waals surface area contributed by atoms with Crippen LogP contribution >= 0.6 is 31.9 Å². The Hall–Kier alpha value is -0.880. The SMILES string of the molecule is COc1ccc(CC(NN)c2ccc(Br)c(C)c2)cc1Br. The van der Waals surface area contributed by atoms with Crippen molar-refractivity contribution < 1.29 is 4.74 Å². The fourth-order valence-corrected chi connectivity index (χ4v) is 3.06. The quantitative estimate of drug-likeness (QED) is 0.568. The van der Waals surface area contributed by atoms with Gasteiger partial charge in [0.15, 0.2) is 0 Å². The molecule has 0 heterocycles. The van der Waals surface area contributed by atoms with E-state index in [0.29, 0.717) is 0 Å². The smallest absolute Gasteiger partial charge is 0.133 e. The molecule has 1 unspecified atom stereocenters. The fraction of sp³-hybridized carbons (Fsp3) is 0.250. The van der Waals surface area contributed by atoms with E-state index < -0.39 is 0 Å². The number of hydrazine groups is 1. The van der Waals surface area contributed by atoms with Crippen molar-refractivity contribution in [3.63, 3.8) is 0 Å². The third kappa shape index (κ3) is 4.07. The van der Waals surface area contributed by atoms with Gasteiger partial charge in [0, 0.05) is 10.5 Å². The lowest BCUT2D eigenvalue weighted by molar-refractivity contribution is 0.412. The third-order valence-corrected chi connectivity index (χ3v) is 4.95. The standard InChI is InChI=1S/C16H18Br2N2O/c1-10-7-12(4-5-13(10)17)15(20-19)9-11-3-6-16(21-2)14(18)8-11/h3-8,15,20H,9,19H2,1-2H3. The van der Waals surface area contributed by atoms with E-state index in [-0.39, 0.29) is 6.04 Å². The molecule has 3 N–H and O–H groups in total. The number of hydrogen-bond acceptors (Lipinski definition) is 3. The van der Waals surface area contributed by atoms with E-state index in [0.717, 1.165) is 21.1 Å². The number of halogens is 2. The van der Waals surface area contributed by atoms with Crippen LogP contribution in [0.4, 0.5) is 0 Å². The summed E-state index contributed by atoms with van der Waals surface area (Å²) in [5, 5.41) is 0. The molecule has 0 radical (unpaired) electrons. The van der Waals surface area contributed by atoms with Gasteiger partial charge in [-0.25, -0.2) is 0 Å². The molecule has 0 amide bonds. The number of nitrogens with two attached hydrogens (primary N) is 1. The van der Waals surface area contributed by atoms with Gasteiger partial charge in [-0.1, -0.05) is 34.1 Å². The molecule has 3 nitrogen and oxygen atoms in total. The van der Waals surface area contributed by atoms with Crippen LogP contribution in [0.25, 0.3) is 0 Å². The number of hydrogen-bond donors (Lipinski definition) is 2. The van der Waals surface area contributed by atoms with Gasteiger partial charge in [-0.3, -0.25) is 11.3 Å². The minimum absolute atomic E-state index is 0.0668. The summed E-state index contributed by atoms with van der Waals surface area (Å²) in [4.78, 5) is 0. The van der Waals surface area contributed by atoms with Gasteiger partial charge in [0.25, 0.3) is 0 Å². The van der Waals surface area contributed by atoms with Crippen molar-refractivity contribution in [3.8, 4) is 5.75 Å². The van der Waals surface area contributed by atoms with E-state index in [1.807, 2.05) is 6.07 Å². The van der Waals surface area contributed by atoms with E-state index in [1.165, 1.54) is 16.7 Å². The first-order valence-corrected chi connectivity index (χ1v) is 8.18.